The number of likely N-dealkylation sites (N-methyl/N-ethyl adjacent to an activating group) is 1. The number of hydrogen-bond acceptors (Lipinski definition) is 3. The van der Waals surface area contributed by atoms with Gasteiger partial charge in [0, 0.05) is 5.02 Å². The molecule has 1 saturated heterocycles. The van der Waals surface area contributed by atoms with Crippen molar-refractivity contribution >= 4 is 40.5 Å². The van der Waals surface area contributed by atoms with Crippen molar-refractivity contribution in [3.63, 3.8) is 0 Å². The van der Waals surface area contributed by atoms with Crippen LogP contribution in [0.15, 0.2) is 34.2 Å². The molecule has 0 radical (unpaired) electrons. The molecule has 2 heterocycles. The predicted octanol–water partition coefficient (Wildman–Crippen LogP) is 1.53. The Hall–Kier alpha value is -1.30. The summed E-state index contributed by atoms with van der Waals surface area (Å²) >= 11 is 7.36. The highest BCUT2D eigenvalue weighted by Gasteiger charge is 2.29. The van der Waals surface area contributed by atoms with E-state index in [1.165, 1.54) is 11.8 Å². The monoisotopic (exact) mass is 336 g/mol. The van der Waals surface area contributed by atoms with Crippen molar-refractivity contribution in [3.8, 4) is 0 Å². The third-order valence-electron chi connectivity index (χ3n) is 4.02. The van der Waals surface area contributed by atoms with Gasteiger partial charge in [-0.1, -0.05) is 23.7 Å². The van der Waals surface area contributed by atoms with Crippen molar-refractivity contribution in [3.05, 3.63) is 39.8 Å². The Morgan fingerprint density at radius 3 is 2.64 bits per heavy atom. The fourth-order valence-electron chi connectivity index (χ4n) is 2.61. The van der Waals surface area contributed by atoms with Gasteiger partial charge in [-0.2, -0.15) is 4.99 Å². The van der Waals surface area contributed by atoms with Gasteiger partial charge >= 0.3 is 0 Å². The molecule has 0 unspecified atom stereocenters. The van der Waals surface area contributed by atoms with Crippen LogP contribution in [0.1, 0.15) is 12.5 Å². The number of quaternary nitrogens is 1. The summed E-state index contributed by atoms with van der Waals surface area (Å²) in [6.45, 7) is 7.53. The number of thioether (sulfide) groups is 1. The van der Waals surface area contributed by atoms with Gasteiger partial charge in [-0.3, -0.25) is 4.79 Å². The van der Waals surface area contributed by atoms with Gasteiger partial charge in [-0.05, 0) is 42.5 Å². The third-order valence-corrected chi connectivity index (χ3v) is 5.31. The van der Waals surface area contributed by atoms with Crippen molar-refractivity contribution in [2.45, 2.75) is 6.92 Å². The molecule has 2 aliphatic rings. The Bertz CT molecular complexity index is 619. The van der Waals surface area contributed by atoms with Gasteiger partial charge in [0.25, 0.3) is 5.91 Å². The standard InChI is InChI=1S/C16H18ClN3OS/c1-2-19-7-9-20(10-8-19)16-18-15(21)14(22-16)11-12-3-5-13(17)6-4-12/h3-6,11H,2,7-10H2,1H3/p+1/b14-11-. The number of halogens is 1. The smallest absolute Gasteiger partial charge is 0.286 e. The SMILES string of the molecule is CC[NH+]1CCN(C2=NC(=O)/C(=C/c3ccc(Cl)cc3)S2)CC1. The maximum Gasteiger partial charge on any atom is 0.286 e. The quantitative estimate of drug-likeness (QED) is 0.832. The molecule has 0 aliphatic carbocycles. The molecule has 0 bridgehead atoms. The van der Waals surface area contributed by atoms with Gasteiger partial charge in [-0.25, -0.2) is 0 Å². The molecule has 1 aromatic rings. The van der Waals surface area contributed by atoms with Crippen LogP contribution >= 0.6 is 23.4 Å². The van der Waals surface area contributed by atoms with Crippen LogP contribution in [0.25, 0.3) is 6.08 Å². The third kappa shape index (κ3) is 3.54. The van der Waals surface area contributed by atoms with Crippen molar-refractivity contribution in [1.82, 2.24) is 4.90 Å². The number of carbonyl (C=O) groups is 1. The second-order valence-electron chi connectivity index (χ2n) is 5.45. The molecule has 0 saturated carbocycles. The first-order valence-corrected chi connectivity index (χ1v) is 8.72. The van der Waals surface area contributed by atoms with E-state index in [1.54, 1.807) is 4.90 Å². The molecule has 22 heavy (non-hydrogen) atoms. The molecular formula is C16H19ClN3OS+. The zero-order valence-electron chi connectivity index (χ0n) is 12.5. The average Bonchev–Trinajstić information content (AvgIpc) is 2.91. The van der Waals surface area contributed by atoms with Crippen LogP contribution in [0.3, 0.4) is 0 Å². The summed E-state index contributed by atoms with van der Waals surface area (Å²) < 4.78 is 0. The van der Waals surface area contributed by atoms with E-state index < -0.39 is 0 Å². The number of piperazine rings is 1. The second kappa shape index (κ2) is 6.86. The maximum absolute atomic E-state index is 12.1. The Morgan fingerprint density at radius 2 is 2.00 bits per heavy atom. The van der Waals surface area contributed by atoms with Crippen molar-refractivity contribution < 1.29 is 9.69 Å². The van der Waals surface area contributed by atoms with Crippen LogP contribution in [-0.4, -0.2) is 48.7 Å². The first-order chi connectivity index (χ1) is 10.7. The van der Waals surface area contributed by atoms with Crippen LogP contribution in [-0.2, 0) is 4.79 Å². The molecule has 3 rings (SSSR count). The van der Waals surface area contributed by atoms with Crippen molar-refractivity contribution in [2.24, 2.45) is 4.99 Å². The van der Waals surface area contributed by atoms with Gasteiger partial charge in [-0.15, -0.1) is 0 Å². The fourth-order valence-corrected chi connectivity index (χ4v) is 3.70. The summed E-state index contributed by atoms with van der Waals surface area (Å²) in [6.07, 6.45) is 1.88. The molecule has 116 valence electrons. The lowest BCUT2D eigenvalue weighted by atomic mass is 10.2. The van der Waals surface area contributed by atoms with E-state index in [1.807, 2.05) is 30.3 Å². The minimum absolute atomic E-state index is 0.139. The summed E-state index contributed by atoms with van der Waals surface area (Å²) in [7, 11) is 0. The lowest BCUT2D eigenvalue weighted by molar-refractivity contribution is -0.902. The molecule has 1 amide bonds. The van der Waals surface area contributed by atoms with Gasteiger partial charge in [0.15, 0.2) is 5.17 Å². The van der Waals surface area contributed by atoms with Gasteiger partial charge in [0.1, 0.15) is 0 Å². The number of amidine groups is 1. The summed E-state index contributed by atoms with van der Waals surface area (Å²) in [6, 6.07) is 7.47. The Morgan fingerprint density at radius 1 is 1.32 bits per heavy atom. The first kappa shape index (κ1) is 15.6. The van der Waals surface area contributed by atoms with E-state index in [0.717, 1.165) is 43.5 Å². The van der Waals surface area contributed by atoms with Crippen LogP contribution < -0.4 is 4.90 Å². The molecular weight excluding hydrogens is 318 g/mol. The highest BCUT2D eigenvalue weighted by molar-refractivity contribution is 8.18. The van der Waals surface area contributed by atoms with E-state index >= 15 is 0 Å². The minimum atomic E-state index is -0.139. The maximum atomic E-state index is 12.1. The van der Waals surface area contributed by atoms with E-state index in [0.29, 0.717) is 9.93 Å². The Balaban J connectivity index is 1.67. The zero-order chi connectivity index (χ0) is 15.5. The molecule has 0 aromatic heterocycles. The second-order valence-corrected chi connectivity index (χ2v) is 6.90. The molecule has 1 N–H and O–H groups in total. The van der Waals surface area contributed by atoms with Crippen LogP contribution in [0, 0.1) is 0 Å². The van der Waals surface area contributed by atoms with Crippen molar-refractivity contribution in [1.29, 1.82) is 0 Å². The molecule has 1 aromatic carbocycles. The summed E-state index contributed by atoms with van der Waals surface area (Å²) in [5, 5.41) is 1.54. The lowest BCUT2D eigenvalue weighted by Gasteiger charge is -2.32. The van der Waals surface area contributed by atoms with Crippen molar-refractivity contribution in [2.75, 3.05) is 32.7 Å². The van der Waals surface area contributed by atoms with E-state index in [4.69, 9.17) is 11.6 Å². The molecule has 0 spiro atoms. The topological polar surface area (TPSA) is 37.1 Å². The van der Waals surface area contributed by atoms with Gasteiger partial charge in [0.2, 0.25) is 0 Å². The van der Waals surface area contributed by atoms with Crippen LogP contribution in [0.2, 0.25) is 5.02 Å². The number of nitrogens with one attached hydrogen (secondary N) is 1. The number of benzene rings is 1. The highest BCUT2D eigenvalue weighted by Crippen LogP contribution is 2.30. The zero-order valence-corrected chi connectivity index (χ0v) is 14.1. The minimum Gasteiger partial charge on any atom is -0.339 e. The molecule has 4 nitrogen and oxygen atoms in total. The number of rotatable bonds is 2. The van der Waals surface area contributed by atoms with E-state index in [-0.39, 0.29) is 5.91 Å². The number of amides is 1. The van der Waals surface area contributed by atoms with Crippen LogP contribution in [0.4, 0.5) is 0 Å². The largest absolute Gasteiger partial charge is 0.339 e. The molecule has 2 aliphatic heterocycles. The first-order valence-electron chi connectivity index (χ1n) is 7.52. The number of nitrogens with zero attached hydrogens (tertiary/aromatic N) is 2. The number of carbonyl (C=O) groups excluding carboxylic acids is 1. The fraction of sp³-hybridized carbons (Fsp3) is 0.375. The van der Waals surface area contributed by atoms with Gasteiger partial charge in [0.05, 0.1) is 37.6 Å². The Kier molecular flexibility index (Phi) is 4.86. The van der Waals surface area contributed by atoms with Crippen LogP contribution in [0.5, 0.6) is 0 Å². The van der Waals surface area contributed by atoms with Gasteiger partial charge < -0.3 is 9.80 Å². The molecule has 1 fully saturated rings. The number of aliphatic imine (C=N–C) groups is 1. The van der Waals surface area contributed by atoms with E-state index in [2.05, 4.69) is 16.8 Å². The normalized spacial score (nSPS) is 21.5. The Labute approximate surface area is 139 Å². The molecule has 0 atom stereocenters. The highest BCUT2D eigenvalue weighted by atomic mass is 35.5. The molecule has 6 heteroatoms. The summed E-state index contributed by atoms with van der Waals surface area (Å²) in [5.74, 6) is -0.139. The predicted molar refractivity (Wildman–Crippen MR) is 92.3 cm³/mol. The van der Waals surface area contributed by atoms with E-state index in [9.17, 15) is 4.79 Å². The average molecular weight is 337 g/mol. The number of hydrogen-bond donors (Lipinski definition) is 1. The lowest BCUT2D eigenvalue weighted by Crippen LogP contribution is -3.14. The summed E-state index contributed by atoms with van der Waals surface area (Å²) in [5.41, 5.74) is 0.969. The summed E-state index contributed by atoms with van der Waals surface area (Å²) in [4.78, 5) is 20.8.